The molecule has 0 bridgehead atoms. The average Bonchev–Trinajstić information content (AvgIpc) is 2.76. The summed E-state index contributed by atoms with van der Waals surface area (Å²) in [7, 11) is 0. The Balaban J connectivity index is 2.40. The second-order valence-corrected chi connectivity index (χ2v) is 7.20. The third-order valence-electron chi connectivity index (χ3n) is 3.46. The largest absolute Gasteiger partial charge is 0.268 e. The van der Waals surface area contributed by atoms with E-state index in [1.807, 2.05) is 44.2 Å². The van der Waals surface area contributed by atoms with Gasteiger partial charge < -0.3 is 0 Å². The zero-order chi connectivity index (χ0) is 15.0. The van der Waals surface area contributed by atoms with Crippen LogP contribution < -0.4 is 5.56 Å². The molecule has 5 heteroatoms. The summed E-state index contributed by atoms with van der Waals surface area (Å²) in [4.78, 5) is 19.7. The molecular weight excluding hydrogens is 300 g/mol. The Bertz CT molecular complexity index is 850. The SMILES string of the molecule is CCSc1nc2sc(C)c(C)c2c(=O)n1-c1ccccc1. The van der Waals surface area contributed by atoms with E-state index in [0.717, 1.165) is 37.3 Å². The van der Waals surface area contributed by atoms with Crippen LogP contribution in [0.3, 0.4) is 0 Å². The number of nitrogens with zero attached hydrogens (tertiary/aromatic N) is 2. The van der Waals surface area contributed by atoms with Gasteiger partial charge in [0, 0.05) is 4.88 Å². The summed E-state index contributed by atoms with van der Waals surface area (Å²) >= 11 is 3.20. The van der Waals surface area contributed by atoms with Crippen LogP contribution in [0.2, 0.25) is 0 Å². The molecule has 0 unspecified atom stereocenters. The number of aromatic nitrogens is 2. The fourth-order valence-electron chi connectivity index (χ4n) is 2.31. The first-order valence-corrected chi connectivity index (χ1v) is 8.64. The Labute approximate surface area is 131 Å². The fraction of sp³-hybridized carbons (Fsp3) is 0.250. The van der Waals surface area contributed by atoms with Crippen LogP contribution in [-0.2, 0) is 0 Å². The van der Waals surface area contributed by atoms with Gasteiger partial charge in [-0.25, -0.2) is 4.98 Å². The molecule has 2 heterocycles. The maximum absolute atomic E-state index is 13.0. The van der Waals surface area contributed by atoms with Crippen molar-refractivity contribution in [1.29, 1.82) is 0 Å². The van der Waals surface area contributed by atoms with Crippen LogP contribution in [0.15, 0.2) is 40.3 Å². The molecule has 0 saturated carbocycles. The molecule has 108 valence electrons. The number of benzene rings is 1. The second-order valence-electron chi connectivity index (χ2n) is 4.77. The lowest BCUT2D eigenvalue weighted by molar-refractivity contribution is 0.822. The zero-order valence-electron chi connectivity index (χ0n) is 12.2. The van der Waals surface area contributed by atoms with Crippen molar-refractivity contribution in [2.24, 2.45) is 0 Å². The van der Waals surface area contributed by atoms with E-state index in [4.69, 9.17) is 4.98 Å². The van der Waals surface area contributed by atoms with E-state index in [9.17, 15) is 4.79 Å². The highest BCUT2D eigenvalue weighted by Gasteiger charge is 2.17. The van der Waals surface area contributed by atoms with Crippen LogP contribution >= 0.6 is 23.1 Å². The van der Waals surface area contributed by atoms with Crippen molar-refractivity contribution < 1.29 is 0 Å². The van der Waals surface area contributed by atoms with Crippen LogP contribution in [0.4, 0.5) is 0 Å². The zero-order valence-corrected chi connectivity index (χ0v) is 13.8. The number of aryl methyl sites for hydroxylation is 2. The van der Waals surface area contributed by atoms with Gasteiger partial charge in [0.05, 0.1) is 11.1 Å². The molecule has 0 amide bonds. The van der Waals surface area contributed by atoms with Crippen molar-refractivity contribution in [1.82, 2.24) is 9.55 Å². The Hall–Kier alpha value is -1.59. The first kappa shape index (κ1) is 14.4. The van der Waals surface area contributed by atoms with Gasteiger partial charge in [0.25, 0.3) is 5.56 Å². The Morgan fingerprint density at radius 1 is 1.24 bits per heavy atom. The van der Waals surface area contributed by atoms with E-state index in [0.29, 0.717) is 0 Å². The molecular formula is C16H16N2OS2. The molecule has 3 aromatic rings. The third-order valence-corrected chi connectivity index (χ3v) is 5.38. The van der Waals surface area contributed by atoms with Gasteiger partial charge in [-0.3, -0.25) is 9.36 Å². The summed E-state index contributed by atoms with van der Waals surface area (Å²) < 4.78 is 1.73. The molecule has 1 aromatic carbocycles. The minimum atomic E-state index is 0.0315. The van der Waals surface area contributed by atoms with Crippen molar-refractivity contribution in [2.75, 3.05) is 5.75 Å². The van der Waals surface area contributed by atoms with Crippen molar-refractivity contribution in [3.63, 3.8) is 0 Å². The first-order valence-electron chi connectivity index (χ1n) is 6.84. The molecule has 3 nitrogen and oxygen atoms in total. The molecule has 3 rings (SSSR count). The number of hydrogen-bond acceptors (Lipinski definition) is 4. The monoisotopic (exact) mass is 316 g/mol. The number of thiophene rings is 1. The summed E-state index contributed by atoms with van der Waals surface area (Å²) in [5, 5.41) is 1.52. The minimum absolute atomic E-state index is 0.0315. The van der Waals surface area contributed by atoms with Crippen LogP contribution in [0, 0.1) is 13.8 Å². The topological polar surface area (TPSA) is 34.9 Å². The van der Waals surface area contributed by atoms with E-state index >= 15 is 0 Å². The Morgan fingerprint density at radius 2 is 1.95 bits per heavy atom. The maximum atomic E-state index is 13.0. The molecule has 2 aromatic heterocycles. The standard InChI is InChI=1S/C16H16N2OS2/c1-4-20-16-17-14-13(10(2)11(3)21-14)15(19)18(16)12-8-6-5-7-9-12/h5-9H,4H2,1-3H3. The molecule has 0 N–H and O–H groups in total. The van der Waals surface area contributed by atoms with Gasteiger partial charge in [-0.1, -0.05) is 36.9 Å². The van der Waals surface area contributed by atoms with E-state index in [2.05, 4.69) is 6.92 Å². The molecule has 0 radical (unpaired) electrons. The normalized spacial score (nSPS) is 11.2. The van der Waals surface area contributed by atoms with E-state index in [1.54, 1.807) is 27.7 Å². The lowest BCUT2D eigenvalue weighted by Gasteiger charge is -2.11. The van der Waals surface area contributed by atoms with E-state index < -0.39 is 0 Å². The van der Waals surface area contributed by atoms with E-state index in [-0.39, 0.29) is 5.56 Å². The predicted molar refractivity (Wildman–Crippen MR) is 91.1 cm³/mol. The van der Waals surface area contributed by atoms with Gasteiger partial charge in [0.1, 0.15) is 4.83 Å². The van der Waals surface area contributed by atoms with Crippen molar-refractivity contribution in [3.8, 4) is 5.69 Å². The first-order chi connectivity index (χ1) is 10.1. The fourth-order valence-corrected chi connectivity index (χ4v) is 4.11. The Morgan fingerprint density at radius 3 is 2.62 bits per heavy atom. The molecule has 0 aliphatic carbocycles. The molecule has 0 aliphatic rings. The third kappa shape index (κ3) is 2.40. The summed E-state index contributed by atoms with van der Waals surface area (Å²) in [6.45, 7) is 6.11. The van der Waals surface area contributed by atoms with E-state index in [1.165, 1.54) is 0 Å². The summed E-state index contributed by atoms with van der Waals surface area (Å²) in [5.41, 5.74) is 1.95. The predicted octanol–water partition coefficient (Wildman–Crippen LogP) is 4.18. The maximum Gasteiger partial charge on any atom is 0.267 e. The van der Waals surface area contributed by atoms with Crippen LogP contribution in [-0.4, -0.2) is 15.3 Å². The smallest absolute Gasteiger partial charge is 0.267 e. The van der Waals surface area contributed by atoms with Gasteiger partial charge in [0.2, 0.25) is 0 Å². The summed E-state index contributed by atoms with van der Waals surface area (Å²) in [6.07, 6.45) is 0. The molecule has 0 fully saturated rings. The number of fused-ring (bicyclic) bond motifs is 1. The number of para-hydroxylation sites is 1. The number of thioether (sulfide) groups is 1. The molecule has 0 spiro atoms. The number of hydrogen-bond donors (Lipinski definition) is 0. The summed E-state index contributed by atoms with van der Waals surface area (Å²) in [5.74, 6) is 0.883. The van der Waals surface area contributed by atoms with Gasteiger partial charge in [-0.2, -0.15) is 0 Å². The van der Waals surface area contributed by atoms with Crippen LogP contribution in [0.5, 0.6) is 0 Å². The van der Waals surface area contributed by atoms with Crippen molar-refractivity contribution in [3.05, 3.63) is 51.1 Å². The lowest BCUT2D eigenvalue weighted by Crippen LogP contribution is -2.21. The number of rotatable bonds is 3. The highest BCUT2D eigenvalue weighted by Crippen LogP contribution is 2.29. The minimum Gasteiger partial charge on any atom is -0.268 e. The van der Waals surface area contributed by atoms with Crippen LogP contribution in [0.25, 0.3) is 15.9 Å². The van der Waals surface area contributed by atoms with Crippen molar-refractivity contribution >= 4 is 33.3 Å². The van der Waals surface area contributed by atoms with Gasteiger partial charge in [-0.05, 0) is 37.3 Å². The van der Waals surface area contributed by atoms with Gasteiger partial charge in [-0.15, -0.1) is 11.3 Å². The highest BCUT2D eigenvalue weighted by atomic mass is 32.2. The van der Waals surface area contributed by atoms with Gasteiger partial charge >= 0.3 is 0 Å². The quantitative estimate of drug-likeness (QED) is 0.537. The molecule has 0 aliphatic heterocycles. The van der Waals surface area contributed by atoms with Crippen molar-refractivity contribution in [2.45, 2.75) is 25.9 Å². The molecule has 0 atom stereocenters. The Kier molecular flexibility index (Phi) is 3.87. The molecule has 21 heavy (non-hydrogen) atoms. The summed E-state index contributed by atoms with van der Waals surface area (Å²) in [6, 6.07) is 9.73. The molecule has 0 saturated heterocycles. The highest BCUT2D eigenvalue weighted by molar-refractivity contribution is 7.99. The average molecular weight is 316 g/mol. The van der Waals surface area contributed by atoms with Gasteiger partial charge in [0.15, 0.2) is 5.16 Å². The second kappa shape index (κ2) is 5.66. The van der Waals surface area contributed by atoms with Crippen LogP contribution in [0.1, 0.15) is 17.4 Å². The lowest BCUT2D eigenvalue weighted by atomic mass is 10.2.